The fourth-order valence-electron chi connectivity index (χ4n) is 4.29. The third-order valence-electron chi connectivity index (χ3n) is 6.13. The Labute approximate surface area is 192 Å². The molecule has 2 aliphatic rings. The molecule has 2 aromatic heterocycles. The second-order valence-corrected chi connectivity index (χ2v) is 8.88. The topological polar surface area (TPSA) is 110 Å². The summed E-state index contributed by atoms with van der Waals surface area (Å²) < 4.78 is 16.8. The Balaban J connectivity index is 1.37. The number of rotatable bonds is 7. The summed E-state index contributed by atoms with van der Waals surface area (Å²) in [4.78, 5) is 24.6. The fraction of sp³-hybridized carbons (Fsp3) is 0.458. The quantitative estimate of drug-likeness (QED) is 0.505. The van der Waals surface area contributed by atoms with E-state index in [2.05, 4.69) is 39.4 Å². The first kappa shape index (κ1) is 21.5. The molecule has 1 aromatic carbocycles. The highest BCUT2D eigenvalue weighted by Crippen LogP contribution is 2.36. The summed E-state index contributed by atoms with van der Waals surface area (Å²) in [7, 11) is 0. The summed E-state index contributed by atoms with van der Waals surface area (Å²) in [6.45, 7) is 7.47. The molecule has 5 rings (SSSR count). The first-order valence-corrected chi connectivity index (χ1v) is 11.4. The summed E-state index contributed by atoms with van der Waals surface area (Å²) in [6.07, 6.45) is 2.48. The Morgan fingerprint density at radius 2 is 2.00 bits per heavy atom. The van der Waals surface area contributed by atoms with Crippen molar-refractivity contribution in [3.8, 4) is 11.5 Å². The van der Waals surface area contributed by atoms with E-state index in [9.17, 15) is 4.79 Å². The number of hydrogen-bond donors (Lipinski definition) is 3. The number of aromatic nitrogens is 3. The van der Waals surface area contributed by atoms with Crippen molar-refractivity contribution in [3.63, 3.8) is 0 Å². The lowest BCUT2D eigenvalue weighted by molar-refractivity contribution is 0.0941. The van der Waals surface area contributed by atoms with Gasteiger partial charge in [-0.05, 0) is 36.1 Å². The fourth-order valence-corrected chi connectivity index (χ4v) is 4.29. The van der Waals surface area contributed by atoms with Gasteiger partial charge in [0.1, 0.15) is 36.7 Å². The molecule has 3 N–H and O–H groups in total. The van der Waals surface area contributed by atoms with Gasteiger partial charge in [-0.15, -0.1) is 0 Å². The van der Waals surface area contributed by atoms with Gasteiger partial charge in [-0.2, -0.15) is 0 Å². The number of nitrogens with one attached hydrogen (secondary N) is 3. The van der Waals surface area contributed by atoms with Crippen LogP contribution in [0, 0.1) is 11.8 Å². The van der Waals surface area contributed by atoms with Crippen LogP contribution in [-0.2, 0) is 4.74 Å². The van der Waals surface area contributed by atoms with Crippen LogP contribution >= 0.6 is 0 Å². The van der Waals surface area contributed by atoms with Crippen molar-refractivity contribution >= 4 is 22.8 Å². The molecule has 1 saturated heterocycles. The lowest BCUT2D eigenvalue weighted by Crippen LogP contribution is -2.29. The van der Waals surface area contributed by atoms with Gasteiger partial charge in [0.2, 0.25) is 0 Å². The standard InChI is InChI=1S/C24H29N5O4/c1-14(2)21(16-3-4-19-20(9-16)33-8-7-32-19)29-23-17-10-18(28-22(17)26-13-27-23)24(30)25-11-15-5-6-31-12-15/h3-4,9-10,13-15,21H,5-8,11-12H2,1-2H3,(H,25,30)(H2,26,27,28,29)/t15-,21+/m0/s1. The summed E-state index contributed by atoms with van der Waals surface area (Å²) in [5.74, 6) is 2.68. The van der Waals surface area contributed by atoms with Crippen LogP contribution in [0.15, 0.2) is 30.6 Å². The number of anilines is 1. The van der Waals surface area contributed by atoms with Crippen molar-refractivity contribution < 1.29 is 19.0 Å². The molecule has 3 aromatic rings. The van der Waals surface area contributed by atoms with Crippen LogP contribution in [0.4, 0.5) is 5.82 Å². The van der Waals surface area contributed by atoms with Gasteiger partial charge in [-0.1, -0.05) is 19.9 Å². The monoisotopic (exact) mass is 451 g/mol. The minimum Gasteiger partial charge on any atom is -0.486 e. The van der Waals surface area contributed by atoms with Crippen LogP contribution in [0.2, 0.25) is 0 Å². The Morgan fingerprint density at radius 1 is 1.15 bits per heavy atom. The van der Waals surface area contributed by atoms with E-state index in [0.717, 1.165) is 35.5 Å². The molecule has 174 valence electrons. The molecule has 1 amide bonds. The second-order valence-electron chi connectivity index (χ2n) is 8.88. The molecule has 33 heavy (non-hydrogen) atoms. The number of benzene rings is 1. The molecule has 4 heterocycles. The van der Waals surface area contributed by atoms with Gasteiger partial charge >= 0.3 is 0 Å². The number of carbonyl (C=O) groups is 1. The maximum Gasteiger partial charge on any atom is 0.267 e. The van der Waals surface area contributed by atoms with E-state index >= 15 is 0 Å². The highest BCUT2D eigenvalue weighted by atomic mass is 16.6. The van der Waals surface area contributed by atoms with E-state index in [4.69, 9.17) is 14.2 Å². The van der Waals surface area contributed by atoms with Crippen molar-refractivity contribution in [1.29, 1.82) is 0 Å². The lowest BCUT2D eigenvalue weighted by Gasteiger charge is -2.26. The second kappa shape index (κ2) is 9.27. The Hall–Kier alpha value is -3.33. The van der Waals surface area contributed by atoms with E-state index in [-0.39, 0.29) is 17.9 Å². The van der Waals surface area contributed by atoms with Gasteiger partial charge in [0.05, 0.1) is 18.0 Å². The Bertz CT molecular complexity index is 1140. The van der Waals surface area contributed by atoms with E-state index in [1.807, 2.05) is 18.2 Å². The molecule has 0 aliphatic carbocycles. The molecule has 2 atom stereocenters. The van der Waals surface area contributed by atoms with Gasteiger partial charge in [0, 0.05) is 19.1 Å². The summed E-state index contributed by atoms with van der Waals surface area (Å²) >= 11 is 0. The van der Waals surface area contributed by atoms with E-state index in [1.165, 1.54) is 6.33 Å². The first-order valence-electron chi connectivity index (χ1n) is 11.4. The molecular weight excluding hydrogens is 422 g/mol. The first-order chi connectivity index (χ1) is 16.1. The third-order valence-corrected chi connectivity index (χ3v) is 6.13. The number of amides is 1. The minimum absolute atomic E-state index is 0.0199. The molecular formula is C24H29N5O4. The summed E-state index contributed by atoms with van der Waals surface area (Å²) in [6, 6.07) is 7.80. The maximum atomic E-state index is 12.7. The highest BCUT2D eigenvalue weighted by Gasteiger charge is 2.22. The van der Waals surface area contributed by atoms with Crippen LogP contribution in [0.5, 0.6) is 11.5 Å². The van der Waals surface area contributed by atoms with Crippen LogP contribution in [0.3, 0.4) is 0 Å². The zero-order valence-corrected chi connectivity index (χ0v) is 18.9. The maximum absolute atomic E-state index is 12.7. The van der Waals surface area contributed by atoms with Crippen LogP contribution < -0.4 is 20.1 Å². The van der Waals surface area contributed by atoms with E-state index < -0.39 is 0 Å². The van der Waals surface area contributed by atoms with Crippen molar-refractivity contribution in [2.45, 2.75) is 26.3 Å². The molecule has 1 fully saturated rings. The number of nitrogens with zero attached hydrogens (tertiary/aromatic N) is 2. The minimum atomic E-state index is -0.155. The number of ether oxygens (including phenoxy) is 3. The average molecular weight is 452 g/mol. The number of H-pyrrole nitrogens is 1. The summed E-state index contributed by atoms with van der Waals surface area (Å²) in [5.41, 5.74) is 2.16. The van der Waals surface area contributed by atoms with Gasteiger partial charge in [0.25, 0.3) is 5.91 Å². The molecule has 2 aliphatic heterocycles. The molecule has 9 nitrogen and oxygen atoms in total. The normalized spacial score (nSPS) is 18.5. The van der Waals surface area contributed by atoms with Crippen molar-refractivity contribution in [1.82, 2.24) is 20.3 Å². The van der Waals surface area contributed by atoms with Gasteiger partial charge in [-0.3, -0.25) is 4.79 Å². The van der Waals surface area contributed by atoms with Crippen LogP contribution in [0.1, 0.15) is 42.4 Å². The molecule has 9 heteroatoms. The van der Waals surface area contributed by atoms with Gasteiger partial charge < -0.3 is 29.8 Å². The Kier molecular flexibility index (Phi) is 6.04. The zero-order valence-electron chi connectivity index (χ0n) is 18.9. The molecule has 0 saturated carbocycles. The average Bonchev–Trinajstić information content (AvgIpc) is 3.50. The molecule has 0 unspecified atom stereocenters. The van der Waals surface area contributed by atoms with Crippen molar-refractivity contribution in [3.05, 3.63) is 41.9 Å². The predicted octanol–water partition coefficient (Wildman–Crippen LogP) is 3.30. The Morgan fingerprint density at radius 3 is 2.79 bits per heavy atom. The molecule has 0 spiro atoms. The van der Waals surface area contributed by atoms with E-state index in [0.29, 0.717) is 49.4 Å². The lowest BCUT2D eigenvalue weighted by atomic mass is 9.95. The smallest absolute Gasteiger partial charge is 0.267 e. The van der Waals surface area contributed by atoms with Crippen LogP contribution in [0.25, 0.3) is 11.0 Å². The van der Waals surface area contributed by atoms with Gasteiger partial charge in [0.15, 0.2) is 11.5 Å². The third kappa shape index (κ3) is 4.59. The van der Waals surface area contributed by atoms with Crippen molar-refractivity contribution in [2.75, 3.05) is 38.3 Å². The largest absolute Gasteiger partial charge is 0.486 e. The van der Waals surface area contributed by atoms with E-state index in [1.54, 1.807) is 6.07 Å². The highest BCUT2D eigenvalue weighted by molar-refractivity contribution is 5.99. The zero-order chi connectivity index (χ0) is 22.8. The SMILES string of the molecule is CC(C)[C@@H](Nc1ncnc2[nH]c(C(=O)NC[C@@H]3CCOC3)cc12)c1ccc2c(c1)OCCO2. The number of fused-ring (bicyclic) bond motifs is 2. The van der Waals surface area contributed by atoms with Crippen molar-refractivity contribution in [2.24, 2.45) is 11.8 Å². The molecule has 0 radical (unpaired) electrons. The number of aromatic amines is 1. The van der Waals surface area contributed by atoms with Gasteiger partial charge in [-0.25, -0.2) is 9.97 Å². The number of carbonyl (C=O) groups excluding carboxylic acids is 1. The predicted molar refractivity (Wildman–Crippen MR) is 124 cm³/mol. The van der Waals surface area contributed by atoms with Crippen LogP contribution in [-0.4, -0.2) is 53.8 Å². The number of hydrogen-bond acceptors (Lipinski definition) is 7. The molecule has 0 bridgehead atoms. The summed E-state index contributed by atoms with van der Waals surface area (Å²) in [5, 5.41) is 7.32.